The molecular formula is C14H12N4. The Morgan fingerprint density at radius 2 is 1.72 bits per heavy atom. The highest BCUT2D eigenvalue weighted by Crippen LogP contribution is 2.07. The van der Waals surface area contributed by atoms with E-state index in [1.54, 1.807) is 12.4 Å². The van der Waals surface area contributed by atoms with Crippen molar-refractivity contribution in [2.24, 2.45) is 0 Å². The predicted octanol–water partition coefficient (Wildman–Crippen LogP) is 2.21. The van der Waals surface area contributed by atoms with E-state index in [2.05, 4.69) is 32.3 Å². The maximum absolute atomic E-state index is 4.45. The van der Waals surface area contributed by atoms with E-state index in [0.717, 1.165) is 29.7 Å². The normalized spacial score (nSPS) is 10.7. The summed E-state index contributed by atoms with van der Waals surface area (Å²) in [6.07, 6.45) is 5.13. The van der Waals surface area contributed by atoms with Gasteiger partial charge in [0.15, 0.2) is 5.82 Å². The number of fused-ring (bicyclic) bond motifs is 1. The lowest BCUT2D eigenvalue weighted by atomic mass is 10.1. The fourth-order valence-electron chi connectivity index (χ4n) is 1.83. The first-order chi connectivity index (χ1) is 8.92. The van der Waals surface area contributed by atoms with Crippen molar-refractivity contribution in [2.75, 3.05) is 0 Å². The van der Waals surface area contributed by atoms with Gasteiger partial charge in [-0.1, -0.05) is 30.3 Å². The second-order valence-corrected chi connectivity index (χ2v) is 4.08. The molecule has 3 rings (SSSR count). The number of rotatable bonds is 3. The van der Waals surface area contributed by atoms with Crippen LogP contribution in [0.25, 0.3) is 11.0 Å². The molecule has 3 aromatic rings. The third kappa shape index (κ3) is 2.32. The van der Waals surface area contributed by atoms with Crippen molar-refractivity contribution < 1.29 is 0 Å². The molecule has 18 heavy (non-hydrogen) atoms. The molecule has 0 fully saturated rings. The summed E-state index contributed by atoms with van der Waals surface area (Å²) in [4.78, 5) is 8.50. The van der Waals surface area contributed by atoms with Gasteiger partial charge in [0, 0.05) is 12.6 Å². The maximum atomic E-state index is 4.45. The Labute approximate surface area is 105 Å². The summed E-state index contributed by atoms with van der Waals surface area (Å²) in [5, 5.41) is 8.27. The summed E-state index contributed by atoms with van der Waals surface area (Å²) in [6.45, 7) is 0. The molecule has 88 valence electrons. The van der Waals surface area contributed by atoms with E-state index in [9.17, 15) is 0 Å². The largest absolute Gasteiger partial charge is 0.262 e. The second-order valence-electron chi connectivity index (χ2n) is 4.08. The molecule has 4 nitrogen and oxygen atoms in total. The van der Waals surface area contributed by atoms with Gasteiger partial charge in [-0.3, -0.25) is 4.98 Å². The van der Waals surface area contributed by atoms with Crippen LogP contribution < -0.4 is 0 Å². The predicted molar refractivity (Wildman–Crippen MR) is 69.0 cm³/mol. The van der Waals surface area contributed by atoms with Gasteiger partial charge in [0.25, 0.3) is 0 Å². The Morgan fingerprint density at radius 1 is 0.833 bits per heavy atom. The summed E-state index contributed by atoms with van der Waals surface area (Å²) in [7, 11) is 0. The zero-order chi connectivity index (χ0) is 12.2. The van der Waals surface area contributed by atoms with Crippen molar-refractivity contribution in [3.05, 3.63) is 60.2 Å². The van der Waals surface area contributed by atoms with Crippen molar-refractivity contribution in [1.82, 2.24) is 20.2 Å². The van der Waals surface area contributed by atoms with E-state index in [4.69, 9.17) is 0 Å². The van der Waals surface area contributed by atoms with Crippen LogP contribution in [0, 0.1) is 0 Å². The van der Waals surface area contributed by atoms with Gasteiger partial charge in [0.2, 0.25) is 0 Å². The summed E-state index contributed by atoms with van der Waals surface area (Å²) in [5.41, 5.74) is 2.87. The van der Waals surface area contributed by atoms with E-state index in [1.807, 2.05) is 24.3 Å². The van der Waals surface area contributed by atoms with Crippen LogP contribution in [-0.2, 0) is 12.8 Å². The SMILES string of the molecule is c1ccc(CCc2nnc3ccncc3n2)cc1. The van der Waals surface area contributed by atoms with Gasteiger partial charge in [-0.2, -0.15) is 0 Å². The first-order valence-electron chi connectivity index (χ1n) is 5.89. The molecule has 0 aliphatic heterocycles. The van der Waals surface area contributed by atoms with E-state index in [0.29, 0.717) is 0 Å². The van der Waals surface area contributed by atoms with E-state index >= 15 is 0 Å². The maximum Gasteiger partial charge on any atom is 0.152 e. The highest BCUT2D eigenvalue weighted by Gasteiger charge is 2.02. The molecule has 0 spiro atoms. The Balaban J connectivity index is 1.79. The fraction of sp³-hybridized carbons (Fsp3) is 0.143. The number of pyridine rings is 1. The molecule has 0 bridgehead atoms. The van der Waals surface area contributed by atoms with Gasteiger partial charge in [-0.25, -0.2) is 4.98 Å². The molecule has 0 atom stereocenters. The molecule has 2 heterocycles. The van der Waals surface area contributed by atoms with Gasteiger partial charge in [0.05, 0.1) is 6.20 Å². The van der Waals surface area contributed by atoms with Crippen molar-refractivity contribution >= 4 is 11.0 Å². The number of hydrogen-bond donors (Lipinski definition) is 0. The molecule has 0 saturated heterocycles. The zero-order valence-electron chi connectivity index (χ0n) is 9.82. The monoisotopic (exact) mass is 236 g/mol. The van der Waals surface area contributed by atoms with Crippen LogP contribution in [0.2, 0.25) is 0 Å². The molecule has 2 aromatic heterocycles. The lowest BCUT2D eigenvalue weighted by molar-refractivity contribution is 0.823. The van der Waals surface area contributed by atoms with Crippen molar-refractivity contribution in [2.45, 2.75) is 12.8 Å². The third-order valence-electron chi connectivity index (χ3n) is 2.78. The summed E-state index contributed by atoms with van der Waals surface area (Å²) < 4.78 is 0. The standard InChI is InChI=1S/C14H12N4/c1-2-4-11(5-3-1)6-7-14-16-13-10-15-9-8-12(13)17-18-14/h1-5,8-10H,6-7H2. The van der Waals surface area contributed by atoms with Gasteiger partial charge in [-0.05, 0) is 18.1 Å². The summed E-state index contributed by atoms with van der Waals surface area (Å²) >= 11 is 0. The quantitative estimate of drug-likeness (QED) is 0.699. The van der Waals surface area contributed by atoms with Crippen LogP contribution in [-0.4, -0.2) is 20.2 Å². The number of nitrogens with zero attached hydrogens (tertiary/aromatic N) is 4. The number of aromatic nitrogens is 4. The summed E-state index contributed by atoms with van der Waals surface area (Å²) in [6, 6.07) is 12.1. The molecule has 0 N–H and O–H groups in total. The minimum Gasteiger partial charge on any atom is -0.262 e. The Morgan fingerprint density at radius 3 is 2.61 bits per heavy atom. The highest BCUT2D eigenvalue weighted by molar-refractivity contribution is 5.71. The average Bonchev–Trinajstić information content (AvgIpc) is 2.46. The van der Waals surface area contributed by atoms with Crippen LogP contribution >= 0.6 is 0 Å². The lowest BCUT2D eigenvalue weighted by Gasteiger charge is -2.01. The minimum absolute atomic E-state index is 0.763. The van der Waals surface area contributed by atoms with Gasteiger partial charge < -0.3 is 0 Å². The van der Waals surface area contributed by atoms with Crippen molar-refractivity contribution in [1.29, 1.82) is 0 Å². The molecule has 0 aliphatic carbocycles. The second kappa shape index (κ2) is 4.87. The number of benzene rings is 1. The number of hydrogen-bond acceptors (Lipinski definition) is 4. The lowest BCUT2D eigenvalue weighted by Crippen LogP contribution is -2.01. The van der Waals surface area contributed by atoms with Crippen LogP contribution in [0.15, 0.2) is 48.8 Å². The van der Waals surface area contributed by atoms with E-state index < -0.39 is 0 Å². The van der Waals surface area contributed by atoms with Crippen molar-refractivity contribution in [3.8, 4) is 0 Å². The van der Waals surface area contributed by atoms with Crippen LogP contribution in [0.3, 0.4) is 0 Å². The van der Waals surface area contributed by atoms with E-state index in [1.165, 1.54) is 5.56 Å². The first-order valence-corrected chi connectivity index (χ1v) is 5.89. The van der Waals surface area contributed by atoms with E-state index in [-0.39, 0.29) is 0 Å². The molecule has 0 amide bonds. The molecule has 4 heteroatoms. The first kappa shape index (κ1) is 10.8. The fourth-order valence-corrected chi connectivity index (χ4v) is 1.83. The summed E-state index contributed by atoms with van der Waals surface area (Å²) in [5.74, 6) is 0.763. The van der Waals surface area contributed by atoms with Gasteiger partial charge in [-0.15, -0.1) is 10.2 Å². The third-order valence-corrected chi connectivity index (χ3v) is 2.78. The van der Waals surface area contributed by atoms with Crippen LogP contribution in [0.1, 0.15) is 11.4 Å². The molecule has 0 radical (unpaired) electrons. The topological polar surface area (TPSA) is 51.6 Å². The average molecular weight is 236 g/mol. The molecular weight excluding hydrogens is 224 g/mol. The van der Waals surface area contributed by atoms with Gasteiger partial charge in [0.1, 0.15) is 11.0 Å². The molecule has 1 aromatic carbocycles. The molecule has 0 saturated carbocycles. The zero-order valence-corrected chi connectivity index (χ0v) is 9.82. The minimum atomic E-state index is 0.763. The van der Waals surface area contributed by atoms with Crippen LogP contribution in [0.4, 0.5) is 0 Å². The van der Waals surface area contributed by atoms with Gasteiger partial charge >= 0.3 is 0 Å². The number of aryl methyl sites for hydroxylation is 2. The smallest absolute Gasteiger partial charge is 0.152 e. The van der Waals surface area contributed by atoms with Crippen LogP contribution in [0.5, 0.6) is 0 Å². The van der Waals surface area contributed by atoms with Crippen molar-refractivity contribution in [3.63, 3.8) is 0 Å². The Bertz CT molecular complexity index is 652. The molecule has 0 aliphatic rings. The molecule has 0 unspecified atom stereocenters. The Hall–Kier alpha value is -2.36. The Kier molecular flexibility index (Phi) is 2.92. The highest BCUT2D eigenvalue weighted by atomic mass is 15.1.